The number of allylic oxidation sites excluding steroid dienone is 2. The summed E-state index contributed by atoms with van der Waals surface area (Å²) in [5, 5.41) is 0. The van der Waals surface area contributed by atoms with E-state index in [2.05, 4.69) is 14.3 Å². The molecule has 0 spiro atoms. The zero-order valence-corrected chi connectivity index (χ0v) is 5.59. The van der Waals surface area contributed by atoms with E-state index in [4.69, 9.17) is 0 Å². The van der Waals surface area contributed by atoms with Crippen molar-refractivity contribution in [3.8, 4) is 0 Å². The molecule has 1 aliphatic heterocycles. The molecule has 0 saturated carbocycles. The first-order valence-electron chi connectivity index (χ1n) is 1.49. The average Bonchev–Trinajstić information content (AvgIpc) is 1.76. The van der Waals surface area contributed by atoms with Crippen LogP contribution >= 0.6 is 0 Å². The van der Waals surface area contributed by atoms with Crippen molar-refractivity contribution in [1.29, 1.82) is 0 Å². The van der Waals surface area contributed by atoms with Gasteiger partial charge in [-0.25, -0.2) is 0 Å². The normalized spacial score (nSPS) is 19.2. The van der Waals surface area contributed by atoms with Crippen molar-refractivity contribution in [3.05, 3.63) is 20.4 Å². The van der Waals surface area contributed by atoms with Gasteiger partial charge < -0.3 is 0 Å². The van der Waals surface area contributed by atoms with Crippen LogP contribution in [0.1, 0.15) is 0 Å². The van der Waals surface area contributed by atoms with E-state index in [1.165, 1.54) is 0 Å². The van der Waals surface area contributed by atoms with Gasteiger partial charge in [-0.3, -0.25) is 0 Å². The summed E-state index contributed by atoms with van der Waals surface area (Å²) in [6.07, 6.45) is 4.08. The van der Waals surface area contributed by atoms with Crippen LogP contribution in [0.5, 0.6) is 0 Å². The first kappa shape index (κ1) is 3.46. The zero-order chi connectivity index (χ0) is 3.54. The molecular formula is C4H5Te. The minimum absolute atomic E-state index is 0.157. The molecule has 1 radical (unpaired) electrons. The van der Waals surface area contributed by atoms with Gasteiger partial charge in [0.05, 0.1) is 0 Å². The van der Waals surface area contributed by atoms with E-state index >= 15 is 0 Å². The molecule has 0 amide bonds. The summed E-state index contributed by atoms with van der Waals surface area (Å²) in [6.45, 7) is 0. The van der Waals surface area contributed by atoms with E-state index < -0.39 is 0 Å². The molecule has 1 heteroatoms. The molecule has 0 aliphatic carbocycles. The Labute approximate surface area is 41.7 Å². The molecule has 27 valence electrons. The molecule has 0 aromatic carbocycles. The molecule has 0 bridgehead atoms. The summed E-state index contributed by atoms with van der Waals surface area (Å²) in [5.74, 6) is 0. The van der Waals surface area contributed by atoms with Gasteiger partial charge in [-0.2, -0.15) is 0 Å². The Hall–Kier alpha value is 0.270. The second-order valence-corrected chi connectivity index (χ2v) is 3.41. The van der Waals surface area contributed by atoms with Crippen LogP contribution in [-0.4, -0.2) is 20.9 Å². The second-order valence-electron chi connectivity index (χ2n) is 0.814. The van der Waals surface area contributed by atoms with Crippen LogP contribution in [0.2, 0.25) is 0 Å². The van der Waals surface area contributed by atoms with Crippen LogP contribution in [0, 0.1) is 4.12 Å². The molecule has 5 heavy (non-hydrogen) atoms. The maximum atomic E-state index is 3.16. The predicted octanol–water partition coefficient (Wildman–Crippen LogP) is -0.000610. The van der Waals surface area contributed by atoms with Gasteiger partial charge in [0.15, 0.2) is 0 Å². The molecule has 0 N–H and O–H groups in total. The molecule has 1 aliphatic rings. The molecule has 0 aromatic rings. The van der Waals surface area contributed by atoms with Crippen molar-refractivity contribution >= 4 is 20.9 Å². The van der Waals surface area contributed by atoms with Gasteiger partial charge in [0.1, 0.15) is 0 Å². The summed E-state index contributed by atoms with van der Waals surface area (Å²) >= 11 is -0.157. The zero-order valence-electron chi connectivity index (χ0n) is 2.73. The van der Waals surface area contributed by atoms with Crippen LogP contribution in [0.3, 0.4) is 0 Å². The fourth-order valence-electron chi connectivity index (χ4n) is 0.241. The van der Waals surface area contributed by atoms with Crippen LogP contribution in [0.15, 0.2) is 16.3 Å². The third-order valence-electron chi connectivity index (χ3n) is 0.442. The first-order valence-corrected chi connectivity index (χ1v) is 4.57. The maximum absolute atomic E-state index is 3.16. The monoisotopic (exact) mass is 183 g/mol. The third kappa shape index (κ3) is 0.792. The Morgan fingerprint density at radius 1 is 1.60 bits per heavy atom. The quantitative estimate of drug-likeness (QED) is 0.461. The molecule has 1 heterocycles. The van der Waals surface area contributed by atoms with Gasteiger partial charge >= 0.3 is 41.3 Å². The number of hydrogen-bond acceptors (Lipinski definition) is 0. The summed E-state index contributed by atoms with van der Waals surface area (Å²) < 4.78 is 5.40. The third-order valence-corrected chi connectivity index (χ3v) is 2.42. The second kappa shape index (κ2) is 1.64. The number of rotatable bonds is 0. The first-order chi connectivity index (χ1) is 2.50. The van der Waals surface area contributed by atoms with Crippen molar-refractivity contribution in [3.63, 3.8) is 0 Å². The van der Waals surface area contributed by atoms with Crippen molar-refractivity contribution in [2.75, 3.05) is 0 Å². The van der Waals surface area contributed by atoms with E-state index in [-0.39, 0.29) is 20.9 Å². The van der Waals surface area contributed by atoms with E-state index in [0.29, 0.717) is 0 Å². The molecule has 0 fully saturated rings. The standard InChI is InChI=1S/C4H5Te/c1-2-4-5-3-1/h1-3H,5H2. The molecule has 0 atom stereocenters. The average molecular weight is 181 g/mol. The van der Waals surface area contributed by atoms with E-state index in [1.807, 2.05) is 6.08 Å². The van der Waals surface area contributed by atoms with Gasteiger partial charge in [-0.05, 0) is 0 Å². The summed E-state index contributed by atoms with van der Waals surface area (Å²) in [7, 11) is 0. The Balaban J connectivity index is 2.61. The van der Waals surface area contributed by atoms with E-state index in [9.17, 15) is 0 Å². The Morgan fingerprint density at radius 2 is 2.60 bits per heavy atom. The van der Waals surface area contributed by atoms with Crippen LogP contribution in [0.4, 0.5) is 0 Å². The topological polar surface area (TPSA) is 0 Å². The van der Waals surface area contributed by atoms with Crippen LogP contribution < -0.4 is 0 Å². The molecule has 0 unspecified atom stereocenters. The van der Waals surface area contributed by atoms with Crippen molar-refractivity contribution in [2.45, 2.75) is 0 Å². The predicted molar refractivity (Wildman–Crippen MR) is 25.5 cm³/mol. The van der Waals surface area contributed by atoms with Gasteiger partial charge in [0.2, 0.25) is 0 Å². The SMILES string of the molecule is [C]1=CC=C[TeH2]1. The van der Waals surface area contributed by atoms with Gasteiger partial charge in [0.25, 0.3) is 0 Å². The van der Waals surface area contributed by atoms with E-state index in [0.717, 1.165) is 0 Å². The Bertz CT molecular complexity index is 61.7. The fraction of sp³-hybridized carbons (Fsp3) is 0. The fourth-order valence-corrected chi connectivity index (χ4v) is 1.61. The molecule has 0 aromatic heterocycles. The van der Waals surface area contributed by atoms with Crippen molar-refractivity contribution in [2.24, 2.45) is 0 Å². The minimum atomic E-state index is -0.157. The Morgan fingerprint density at radius 3 is 2.80 bits per heavy atom. The van der Waals surface area contributed by atoms with Crippen molar-refractivity contribution < 1.29 is 0 Å². The molecule has 0 nitrogen and oxygen atoms in total. The Kier molecular flexibility index (Phi) is 1.14. The summed E-state index contributed by atoms with van der Waals surface area (Å²) in [5.41, 5.74) is 0. The number of hydrogen-bond donors (Lipinski definition) is 0. The van der Waals surface area contributed by atoms with Crippen LogP contribution in [-0.2, 0) is 0 Å². The summed E-state index contributed by atoms with van der Waals surface area (Å²) in [4.78, 5) is 0. The van der Waals surface area contributed by atoms with Gasteiger partial charge in [0, 0.05) is 0 Å². The molecule has 0 saturated heterocycles. The molecular weight excluding hydrogens is 176 g/mol. The van der Waals surface area contributed by atoms with Gasteiger partial charge in [-0.1, -0.05) is 0 Å². The summed E-state index contributed by atoms with van der Waals surface area (Å²) in [6, 6.07) is 0. The van der Waals surface area contributed by atoms with Gasteiger partial charge in [-0.15, -0.1) is 0 Å². The van der Waals surface area contributed by atoms with E-state index in [1.54, 1.807) is 0 Å². The molecule has 1 rings (SSSR count). The van der Waals surface area contributed by atoms with Crippen LogP contribution in [0.25, 0.3) is 0 Å². The van der Waals surface area contributed by atoms with Crippen molar-refractivity contribution in [1.82, 2.24) is 0 Å².